The van der Waals surface area contributed by atoms with E-state index >= 15 is 0 Å². The molecule has 0 aromatic heterocycles. The molecule has 0 radical (unpaired) electrons. The van der Waals surface area contributed by atoms with Crippen LogP contribution in [0.2, 0.25) is 0 Å². The predicted molar refractivity (Wildman–Crippen MR) is 97.1 cm³/mol. The topological polar surface area (TPSA) is 35.6 Å². The van der Waals surface area contributed by atoms with Crippen LogP contribution in [0.3, 0.4) is 0 Å². The first-order chi connectivity index (χ1) is 12.1. The van der Waals surface area contributed by atoms with Crippen LogP contribution in [-0.4, -0.2) is 48.1 Å². The molecule has 2 bridgehead atoms. The number of likely N-dealkylation sites (tertiary alicyclic amines) is 1. The van der Waals surface area contributed by atoms with Crippen molar-refractivity contribution >= 4 is 11.6 Å². The third-order valence-corrected chi connectivity index (χ3v) is 6.27. The maximum absolute atomic E-state index is 13.2. The van der Waals surface area contributed by atoms with Crippen LogP contribution in [0.1, 0.15) is 45.4 Å². The number of piperidine rings is 2. The number of carbonyl (C=O) groups is 1. The quantitative estimate of drug-likeness (QED) is 0.915. The van der Waals surface area contributed by atoms with Gasteiger partial charge in [-0.15, -0.1) is 0 Å². The van der Waals surface area contributed by atoms with Crippen molar-refractivity contribution in [2.24, 2.45) is 0 Å². The summed E-state index contributed by atoms with van der Waals surface area (Å²) in [7, 11) is 0. The summed E-state index contributed by atoms with van der Waals surface area (Å²) in [6, 6.07) is 8.66. The van der Waals surface area contributed by atoms with Crippen LogP contribution < -0.4 is 10.2 Å². The van der Waals surface area contributed by atoms with Crippen LogP contribution in [0.25, 0.3) is 0 Å². The summed E-state index contributed by atoms with van der Waals surface area (Å²) in [4.78, 5) is 16.7. The van der Waals surface area contributed by atoms with Gasteiger partial charge < -0.3 is 15.1 Å². The van der Waals surface area contributed by atoms with Crippen molar-refractivity contribution in [3.63, 3.8) is 0 Å². The second-order valence-electron chi connectivity index (χ2n) is 7.90. The van der Waals surface area contributed by atoms with E-state index in [2.05, 4.69) is 10.2 Å². The van der Waals surface area contributed by atoms with E-state index in [1.54, 1.807) is 19.1 Å². The highest BCUT2D eigenvalue weighted by molar-refractivity contribution is 5.92. The SMILES string of the molecule is CC(=O)N(c1ccc(F)cc1)C1CCN(C2CC3CCC(C2)N3)CC1. The standard InChI is InChI=1S/C20H28FN3O/c1-14(25)24(18-6-2-15(21)3-7-18)19-8-10-23(11-9-19)20-12-16-4-5-17(13-20)22-16/h2-3,6-7,16-17,19-20,22H,4-5,8-13H2,1H3. The first-order valence-electron chi connectivity index (χ1n) is 9.65. The zero-order chi connectivity index (χ0) is 17.4. The lowest BCUT2D eigenvalue weighted by molar-refractivity contribution is -0.117. The summed E-state index contributed by atoms with van der Waals surface area (Å²) in [5.41, 5.74) is 0.812. The van der Waals surface area contributed by atoms with Crippen molar-refractivity contribution < 1.29 is 9.18 Å². The smallest absolute Gasteiger partial charge is 0.224 e. The van der Waals surface area contributed by atoms with E-state index in [0.29, 0.717) is 6.04 Å². The third kappa shape index (κ3) is 3.58. The highest BCUT2D eigenvalue weighted by Crippen LogP contribution is 2.32. The van der Waals surface area contributed by atoms with E-state index < -0.39 is 0 Å². The van der Waals surface area contributed by atoms with E-state index in [9.17, 15) is 9.18 Å². The minimum Gasteiger partial charge on any atom is -0.311 e. The predicted octanol–water partition coefficient (Wildman–Crippen LogP) is 2.93. The van der Waals surface area contributed by atoms with Gasteiger partial charge in [-0.05, 0) is 62.8 Å². The molecule has 1 aromatic carbocycles. The number of hydrogen-bond acceptors (Lipinski definition) is 3. The molecule has 5 heteroatoms. The number of fused-ring (bicyclic) bond motifs is 2. The molecule has 0 spiro atoms. The number of amides is 1. The number of nitrogens with one attached hydrogen (secondary N) is 1. The molecule has 3 aliphatic rings. The molecule has 2 atom stereocenters. The minimum absolute atomic E-state index is 0.0463. The molecule has 3 saturated heterocycles. The fraction of sp³-hybridized carbons (Fsp3) is 0.650. The molecule has 0 aliphatic carbocycles. The van der Waals surface area contributed by atoms with Gasteiger partial charge >= 0.3 is 0 Å². The van der Waals surface area contributed by atoms with Crippen molar-refractivity contribution in [3.05, 3.63) is 30.1 Å². The van der Waals surface area contributed by atoms with Gasteiger partial charge in [-0.2, -0.15) is 0 Å². The minimum atomic E-state index is -0.261. The van der Waals surface area contributed by atoms with E-state index in [1.165, 1.54) is 37.8 Å². The van der Waals surface area contributed by atoms with E-state index in [4.69, 9.17) is 0 Å². The van der Waals surface area contributed by atoms with Gasteiger partial charge in [-0.3, -0.25) is 4.79 Å². The average Bonchev–Trinajstić information content (AvgIpc) is 2.95. The second-order valence-corrected chi connectivity index (χ2v) is 7.90. The number of carbonyl (C=O) groups excluding carboxylic acids is 1. The van der Waals surface area contributed by atoms with Crippen LogP contribution in [0.5, 0.6) is 0 Å². The third-order valence-electron chi connectivity index (χ3n) is 6.27. The average molecular weight is 345 g/mol. The van der Waals surface area contributed by atoms with E-state index in [1.807, 2.05) is 4.90 Å². The Morgan fingerprint density at radius 1 is 1.08 bits per heavy atom. The van der Waals surface area contributed by atoms with Crippen LogP contribution in [0, 0.1) is 5.82 Å². The normalized spacial score (nSPS) is 30.4. The van der Waals surface area contributed by atoms with Gasteiger partial charge in [0.25, 0.3) is 0 Å². The zero-order valence-corrected chi connectivity index (χ0v) is 15.0. The highest BCUT2D eigenvalue weighted by atomic mass is 19.1. The van der Waals surface area contributed by atoms with Crippen molar-refractivity contribution in [1.82, 2.24) is 10.2 Å². The van der Waals surface area contributed by atoms with Gasteiger partial charge in [0, 0.05) is 49.9 Å². The highest BCUT2D eigenvalue weighted by Gasteiger charge is 2.38. The fourth-order valence-electron chi connectivity index (χ4n) is 5.09. The van der Waals surface area contributed by atoms with Crippen LogP contribution in [0.4, 0.5) is 10.1 Å². The molecule has 136 valence electrons. The van der Waals surface area contributed by atoms with Gasteiger partial charge in [0.2, 0.25) is 5.91 Å². The molecule has 1 aromatic rings. The lowest BCUT2D eigenvalue weighted by atomic mass is 9.94. The fourth-order valence-corrected chi connectivity index (χ4v) is 5.09. The van der Waals surface area contributed by atoms with Gasteiger partial charge in [0.05, 0.1) is 0 Å². The first-order valence-corrected chi connectivity index (χ1v) is 9.65. The molecule has 3 aliphatic heterocycles. The van der Waals surface area contributed by atoms with Crippen LogP contribution in [-0.2, 0) is 4.79 Å². The molecular formula is C20H28FN3O. The first kappa shape index (κ1) is 17.0. The number of hydrogen-bond donors (Lipinski definition) is 1. The summed E-state index contributed by atoms with van der Waals surface area (Å²) in [5, 5.41) is 3.72. The van der Waals surface area contributed by atoms with E-state index in [0.717, 1.165) is 43.7 Å². The Bertz CT molecular complexity index is 600. The second kappa shape index (κ2) is 7.04. The summed E-state index contributed by atoms with van der Waals surface area (Å²) in [6.07, 6.45) is 7.21. The number of anilines is 1. The Labute approximate surface area is 149 Å². The summed E-state index contributed by atoms with van der Waals surface area (Å²) < 4.78 is 13.2. The summed E-state index contributed by atoms with van der Waals surface area (Å²) in [5.74, 6) is -0.215. The zero-order valence-electron chi connectivity index (χ0n) is 15.0. The molecule has 3 heterocycles. The monoisotopic (exact) mass is 345 g/mol. The molecule has 4 nitrogen and oxygen atoms in total. The number of halogens is 1. The molecule has 0 saturated carbocycles. The van der Waals surface area contributed by atoms with Crippen molar-refractivity contribution in [1.29, 1.82) is 0 Å². The summed E-state index contributed by atoms with van der Waals surface area (Å²) >= 11 is 0. The molecule has 2 unspecified atom stereocenters. The molecule has 25 heavy (non-hydrogen) atoms. The molecule has 1 N–H and O–H groups in total. The molecular weight excluding hydrogens is 317 g/mol. The Morgan fingerprint density at radius 3 is 2.24 bits per heavy atom. The maximum atomic E-state index is 13.2. The molecule has 1 amide bonds. The Balaban J connectivity index is 1.39. The Hall–Kier alpha value is -1.46. The number of nitrogens with zero attached hydrogens (tertiary/aromatic N) is 2. The van der Waals surface area contributed by atoms with Crippen LogP contribution >= 0.6 is 0 Å². The van der Waals surface area contributed by atoms with Gasteiger partial charge in [-0.25, -0.2) is 4.39 Å². The summed E-state index contributed by atoms with van der Waals surface area (Å²) in [6.45, 7) is 3.72. The lowest BCUT2D eigenvalue weighted by Crippen LogP contribution is -2.53. The molecule has 4 rings (SSSR count). The Kier molecular flexibility index (Phi) is 4.78. The van der Waals surface area contributed by atoms with E-state index in [-0.39, 0.29) is 17.8 Å². The number of benzene rings is 1. The van der Waals surface area contributed by atoms with Crippen molar-refractivity contribution in [2.45, 2.75) is 69.6 Å². The Morgan fingerprint density at radius 2 is 1.68 bits per heavy atom. The maximum Gasteiger partial charge on any atom is 0.224 e. The largest absolute Gasteiger partial charge is 0.311 e. The molecule has 3 fully saturated rings. The number of rotatable bonds is 3. The van der Waals surface area contributed by atoms with Crippen molar-refractivity contribution in [2.75, 3.05) is 18.0 Å². The van der Waals surface area contributed by atoms with Gasteiger partial charge in [0.15, 0.2) is 0 Å². The van der Waals surface area contributed by atoms with Gasteiger partial charge in [0.1, 0.15) is 5.82 Å². The lowest BCUT2D eigenvalue weighted by Gasteiger charge is -2.43. The van der Waals surface area contributed by atoms with Crippen LogP contribution in [0.15, 0.2) is 24.3 Å². The van der Waals surface area contributed by atoms with Gasteiger partial charge in [-0.1, -0.05) is 0 Å². The van der Waals surface area contributed by atoms with Crippen molar-refractivity contribution in [3.8, 4) is 0 Å².